The van der Waals surface area contributed by atoms with Gasteiger partial charge in [-0.05, 0) is 65.3 Å². The van der Waals surface area contributed by atoms with Gasteiger partial charge < -0.3 is 14.8 Å². The lowest BCUT2D eigenvalue weighted by Crippen LogP contribution is -2.57. The fourth-order valence-electron chi connectivity index (χ4n) is 3.98. The SMILES string of the molecule is CC(C)(C)OC(=O)C1CC(Oc2ccc(Cl)c(Cl)c2)CCN1C1CCNCC1. The second-order valence-corrected chi connectivity index (χ2v) is 9.42. The van der Waals surface area contributed by atoms with Gasteiger partial charge in [0.2, 0.25) is 0 Å². The third-order valence-electron chi connectivity index (χ3n) is 5.25. The summed E-state index contributed by atoms with van der Waals surface area (Å²) in [5.74, 6) is 0.520. The van der Waals surface area contributed by atoms with Gasteiger partial charge in [0.05, 0.1) is 10.0 Å². The molecule has 156 valence electrons. The first-order valence-corrected chi connectivity index (χ1v) is 10.8. The van der Waals surface area contributed by atoms with E-state index in [1.807, 2.05) is 26.8 Å². The summed E-state index contributed by atoms with van der Waals surface area (Å²) >= 11 is 12.1. The molecule has 7 heteroatoms. The fraction of sp³-hybridized carbons (Fsp3) is 0.667. The van der Waals surface area contributed by atoms with Crippen LogP contribution in [0.5, 0.6) is 5.75 Å². The van der Waals surface area contributed by atoms with Crippen LogP contribution in [0.4, 0.5) is 0 Å². The molecule has 1 N–H and O–H groups in total. The Morgan fingerprint density at radius 3 is 2.50 bits per heavy atom. The van der Waals surface area contributed by atoms with Crippen molar-refractivity contribution < 1.29 is 14.3 Å². The Balaban J connectivity index is 1.72. The van der Waals surface area contributed by atoms with Gasteiger partial charge in [0.15, 0.2) is 0 Å². The fourth-order valence-corrected chi connectivity index (χ4v) is 4.27. The molecule has 2 heterocycles. The molecule has 0 saturated carbocycles. The van der Waals surface area contributed by atoms with Gasteiger partial charge in [-0.2, -0.15) is 0 Å². The van der Waals surface area contributed by atoms with E-state index in [1.165, 1.54) is 0 Å². The van der Waals surface area contributed by atoms with E-state index in [2.05, 4.69) is 10.2 Å². The molecule has 28 heavy (non-hydrogen) atoms. The molecule has 2 unspecified atom stereocenters. The zero-order valence-corrected chi connectivity index (χ0v) is 18.4. The highest BCUT2D eigenvalue weighted by Gasteiger charge is 2.40. The van der Waals surface area contributed by atoms with E-state index in [1.54, 1.807) is 12.1 Å². The number of piperidine rings is 2. The van der Waals surface area contributed by atoms with Gasteiger partial charge in [-0.3, -0.25) is 9.69 Å². The van der Waals surface area contributed by atoms with Crippen LogP contribution in [0.25, 0.3) is 0 Å². The van der Waals surface area contributed by atoms with E-state index in [0.29, 0.717) is 28.3 Å². The molecular weight excluding hydrogens is 399 g/mol. The number of nitrogens with one attached hydrogen (secondary N) is 1. The van der Waals surface area contributed by atoms with Crippen molar-refractivity contribution in [1.82, 2.24) is 10.2 Å². The summed E-state index contributed by atoms with van der Waals surface area (Å²) < 4.78 is 11.9. The highest BCUT2D eigenvalue weighted by Crippen LogP contribution is 2.31. The van der Waals surface area contributed by atoms with Crippen molar-refractivity contribution >= 4 is 29.2 Å². The van der Waals surface area contributed by atoms with Crippen LogP contribution in [0.2, 0.25) is 10.0 Å². The van der Waals surface area contributed by atoms with Crippen molar-refractivity contribution in [2.75, 3.05) is 19.6 Å². The van der Waals surface area contributed by atoms with Crippen molar-refractivity contribution in [3.63, 3.8) is 0 Å². The van der Waals surface area contributed by atoms with Crippen molar-refractivity contribution in [2.24, 2.45) is 0 Å². The number of halogens is 2. The molecule has 2 aliphatic heterocycles. The molecule has 1 aromatic carbocycles. The Kier molecular flexibility index (Phi) is 7.13. The molecule has 5 nitrogen and oxygen atoms in total. The maximum absolute atomic E-state index is 13.0. The van der Waals surface area contributed by atoms with E-state index in [-0.39, 0.29) is 18.1 Å². The minimum Gasteiger partial charge on any atom is -0.490 e. The number of esters is 1. The maximum atomic E-state index is 13.0. The van der Waals surface area contributed by atoms with Crippen LogP contribution in [-0.4, -0.2) is 54.3 Å². The van der Waals surface area contributed by atoms with Crippen LogP contribution < -0.4 is 10.1 Å². The predicted octanol–water partition coefficient (Wildman–Crippen LogP) is 4.30. The molecule has 2 fully saturated rings. The van der Waals surface area contributed by atoms with Crippen LogP contribution >= 0.6 is 23.2 Å². The Morgan fingerprint density at radius 2 is 1.86 bits per heavy atom. The van der Waals surface area contributed by atoms with Crippen LogP contribution in [0.1, 0.15) is 46.5 Å². The summed E-state index contributed by atoms with van der Waals surface area (Å²) in [7, 11) is 0. The van der Waals surface area contributed by atoms with E-state index in [4.69, 9.17) is 32.7 Å². The number of rotatable bonds is 4. The lowest BCUT2D eigenvalue weighted by atomic mass is 9.93. The number of ether oxygens (including phenoxy) is 2. The van der Waals surface area contributed by atoms with E-state index >= 15 is 0 Å². The van der Waals surface area contributed by atoms with Gasteiger partial charge in [0.1, 0.15) is 23.5 Å². The largest absolute Gasteiger partial charge is 0.490 e. The first-order valence-electron chi connectivity index (χ1n) is 10.0. The average Bonchev–Trinajstić information content (AvgIpc) is 2.64. The van der Waals surface area contributed by atoms with E-state index in [9.17, 15) is 4.79 Å². The Bertz CT molecular complexity index is 687. The summed E-state index contributed by atoms with van der Waals surface area (Å²) in [6.45, 7) is 8.53. The zero-order chi connectivity index (χ0) is 20.3. The molecule has 0 radical (unpaired) electrons. The van der Waals surface area contributed by atoms with E-state index < -0.39 is 5.60 Å². The lowest BCUT2D eigenvalue weighted by Gasteiger charge is -2.44. The van der Waals surface area contributed by atoms with Gasteiger partial charge >= 0.3 is 5.97 Å². The Morgan fingerprint density at radius 1 is 1.14 bits per heavy atom. The highest BCUT2D eigenvalue weighted by molar-refractivity contribution is 6.42. The van der Waals surface area contributed by atoms with Gasteiger partial charge in [0.25, 0.3) is 0 Å². The molecule has 0 bridgehead atoms. The maximum Gasteiger partial charge on any atom is 0.324 e. The summed E-state index contributed by atoms with van der Waals surface area (Å²) in [6.07, 6.45) is 3.52. The number of benzene rings is 1. The quantitative estimate of drug-likeness (QED) is 0.724. The molecule has 2 aliphatic rings. The summed E-state index contributed by atoms with van der Waals surface area (Å²) in [5.41, 5.74) is -0.506. The molecule has 0 aromatic heterocycles. The van der Waals surface area contributed by atoms with Crippen molar-refractivity contribution in [1.29, 1.82) is 0 Å². The molecule has 0 amide bonds. The standard InChI is InChI=1S/C21H30Cl2N2O3/c1-21(2,3)28-20(26)19-13-16(27-15-4-5-17(22)18(23)12-15)8-11-25(19)14-6-9-24-10-7-14/h4-5,12,14,16,19,24H,6-11,13H2,1-3H3. The van der Waals surface area contributed by atoms with Crippen molar-refractivity contribution in [2.45, 2.75) is 70.2 Å². The van der Waals surface area contributed by atoms with Gasteiger partial charge in [0, 0.05) is 25.1 Å². The molecule has 2 saturated heterocycles. The number of carbonyl (C=O) groups is 1. The summed E-state index contributed by atoms with van der Waals surface area (Å²) in [4.78, 5) is 15.3. The number of nitrogens with zero attached hydrogens (tertiary/aromatic N) is 1. The van der Waals surface area contributed by atoms with Crippen LogP contribution in [-0.2, 0) is 9.53 Å². The summed E-state index contributed by atoms with van der Waals surface area (Å²) in [5, 5.41) is 4.37. The number of carbonyl (C=O) groups excluding carboxylic acids is 1. The zero-order valence-electron chi connectivity index (χ0n) is 16.8. The molecule has 3 rings (SSSR count). The second-order valence-electron chi connectivity index (χ2n) is 8.61. The third-order valence-corrected chi connectivity index (χ3v) is 5.99. The Hall–Kier alpha value is -1.01. The number of hydrogen-bond donors (Lipinski definition) is 1. The first-order chi connectivity index (χ1) is 13.2. The summed E-state index contributed by atoms with van der Waals surface area (Å²) in [6, 6.07) is 5.39. The Labute approximate surface area is 177 Å². The first kappa shape index (κ1) is 21.7. The highest BCUT2D eigenvalue weighted by atomic mass is 35.5. The van der Waals surface area contributed by atoms with Gasteiger partial charge in [-0.1, -0.05) is 23.2 Å². The number of hydrogen-bond acceptors (Lipinski definition) is 5. The van der Waals surface area contributed by atoms with E-state index in [0.717, 1.165) is 38.9 Å². The molecule has 2 atom stereocenters. The van der Waals surface area contributed by atoms with Crippen LogP contribution in [0.3, 0.4) is 0 Å². The molecule has 0 aliphatic carbocycles. The smallest absolute Gasteiger partial charge is 0.324 e. The number of likely N-dealkylation sites (tertiary alicyclic amines) is 1. The third kappa shape index (κ3) is 5.76. The van der Waals surface area contributed by atoms with Crippen LogP contribution in [0, 0.1) is 0 Å². The topological polar surface area (TPSA) is 50.8 Å². The second kappa shape index (κ2) is 9.21. The molecular formula is C21H30Cl2N2O3. The van der Waals surface area contributed by atoms with Crippen LogP contribution in [0.15, 0.2) is 18.2 Å². The minimum atomic E-state index is -0.506. The minimum absolute atomic E-state index is 0.0623. The molecule has 0 spiro atoms. The lowest BCUT2D eigenvalue weighted by molar-refractivity contribution is -0.166. The monoisotopic (exact) mass is 428 g/mol. The van der Waals surface area contributed by atoms with Crippen molar-refractivity contribution in [3.05, 3.63) is 28.2 Å². The normalized spacial score (nSPS) is 24.8. The van der Waals surface area contributed by atoms with Gasteiger partial charge in [-0.25, -0.2) is 0 Å². The van der Waals surface area contributed by atoms with Gasteiger partial charge in [-0.15, -0.1) is 0 Å². The van der Waals surface area contributed by atoms with Crippen molar-refractivity contribution in [3.8, 4) is 5.75 Å². The average molecular weight is 429 g/mol. The predicted molar refractivity (Wildman–Crippen MR) is 112 cm³/mol. The molecule has 1 aromatic rings.